The lowest BCUT2D eigenvalue weighted by atomic mass is 10.1. The number of ether oxygens (including phenoxy) is 2. The highest BCUT2D eigenvalue weighted by Gasteiger charge is 2.32. The van der Waals surface area contributed by atoms with Gasteiger partial charge in [-0.05, 0) is 61.0 Å². The molecule has 2 aromatic heterocycles. The number of benzene rings is 3. The Kier molecular flexibility index (Phi) is 7.92. The van der Waals surface area contributed by atoms with Gasteiger partial charge in [0.2, 0.25) is 10.0 Å². The Morgan fingerprint density at radius 1 is 1.02 bits per heavy atom. The number of methoxy groups -OCH3 is 1. The van der Waals surface area contributed by atoms with Crippen molar-refractivity contribution in [1.82, 2.24) is 19.7 Å². The van der Waals surface area contributed by atoms with E-state index in [0.29, 0.717) is 26.7 Å². The van der Waals surface area contributed by atoms with Gasteiger partial charge in [0.15, 0.2) is 0 Å². The lowest BCUT2D eigenvalue weighted by molar-refractivity contribution is -0.137. The molecule has 2 heterocycles. The molecule has 8 nitrogen and oxygen atoms in total. The minimum absolute atomic E-state index is 0.00526. The number of hydrogen-bond acceptors (Lipinski definition) is 8. The van der Waals surface area contributed by atoms with Gasteiger partial charge in [-0.1, -0.05) is 0 Å². The van der Waals surface area contributed by atoms with E-state index < -0.39 is 27.6 Å². The van der Waals surface area contributed by atoms with Crippen molar-refractivity contribution in [2.24, 2.45) is 0 Å². The summed E-state index contributed by atoms with van der Waals surface area (Å²) in [4.78, 5) is 13.2. The normalized spacial score (nSPS) is 12.3. The summed E-state index contributed by atoms with van der Waals surface area (Å²) in [5, 5.41) is 0.331. The second kappa shape index (κ2) is 11.3. The summed E-state index contributed by atoms with van der Waals surface area (Å²) in [6, 6.07) is 9.81. The minimum atomic E-state index is -4.60. The zero-order valence-electron chi connectivity index (χ0n) is 21.6. The number of aromatic nitrogens is 3. The maximum atomic E-state index is 13.8. The number of alkyl halides is 3. The van der Waals surface area contributed by atoms with E-state index in [-0.39, 0.29) is 41.3 Å². The van der Waals surface area contributed by atoms with Gasteiger partial charge in [0.05, 0.1) is 50.2 Å². The van der Waals surface area contributed by atoms with Crippen molar-refractivity contribution in [2.45, 2.75) is 24.6 Å². The Bertz CT molecular complexity index is 1840. The van der Waals surface area contributed by atoms with Crippen LogP contribution in [0.5, 0.6) is 5.75 Å². The van der Waals surface area contributed by atoms with Crippen LogP contribution >= 0.6 is 11.3 Å². The molecule has 0 aliphatic carbocycles. The fourth-order valence-electron chi connectivity index (χ4n) is 4.11. The fourth-order valence-corrected chi connectivity index (χ4v) is 6.21. The van der Waals surface area contributed by atoms with Gasteiger partial charge in [-0.3, -0.25) is 4.98 Å². The van der Waals surface area contributed by atoms with Gasteiger partial charge in [0.1, 0.15) is 23.2 Å². The van der Waals surface area contributed by atoms with Crippen LogP contribution in [-0.4, -0.2) is 43.6 Å². The number of nitrogens with one attached hydrogen (secondary N) is 1. The van der Waals surface area contributed by atoms with Crippen LogP contribution in [0.2, 0.25) is 0 Å². The summed E-state index contributed by atoms with van der Waals surface area (Å²) in [6.45, 7) is 1.84. The molecule has 0 radical (unpaired) electrons. The van der Waals surface area contributed by atoms with Crippen LogP contribution in [0.15, 0.2) is 59.6 Å². The lowest BCUT2D eigenvalue weighted by Gasteiger charge is -2.11. The zero-order valence-corrected chi connectivity index (χ0v) is 23.3. The Balaban J connectivity index is 1.40. The quantitative estimate of drug-likeness (QED) is 0.165. The molecule has 0 unspecified atom stereocenters. The molecule has 0 atom stereocenters. The third-order valence-electron chi connectivity index (χ3n) is 5.99. The van der Waals surface area contributed by atoms with E-state index in [2.05, 4.69) is 19.7 Å². The first-order valence-electron chi connectivity index (χ1n) is 12.1. The third-order valence-corrected chi connectivity index (χ3v) is 8.50. The summed E-state index contributed by atoms with van der Waals surface area (Å²) >= 11 is 1.18. The Hall–Kier alpha value is -3.72. The van der Waals surface area contributed by atoms with Crippen LogP contribution in [0.3, 0.4) is 0 Å². The van der Waals surface area contributed by atoms with Crippen LogP contribution < -0.4 is 9.46 Å². The second-order valence-electron chi connectivity index (χ2n) is 8.99. The van der Waals surface area contributed by atoms with Gasteiger partial charge in [-0.25, -0.2) is 27.5 Å². The second-order valence-corrected chi connectivity index (χ2v) is 11.8. The molecule has 0 fully saturated rings. The lowest BCUT2D eigenvalue weighted by Crippen LogP contribution is -2.28. The van der Waals surface area contributed by atoms with Crippen LogP contribution in [-0.2, 0) is 27.5 Å². The summed E-state index contributed by atoms with van der Waals surface area (Å²) in [5.74, 6) is -0.112. The predicted octanol–water partition coefficient (Wildman–Crippen LogP) is 5.88. The number of thiazole rings is 1. The van der Waals surface area contributed by atoms with Gasteiger partial charge < -0.3 is 9.47 Å². The Labute approximate surface area is 236 Å². The Morgan fingerprint density at radius 3 is 2.49 bits per heavy atom. The summed E-state index contributed by atoms with van der Waals surface area (Å²) in [5.41, 5.74) is 1.39. The van der Waals surface area contributed by atoms with Crippen molar-refractivity contribution in [1.29, 1.82) is 0 Å². The van der Waals surface area contributed by atoms with E-state index in [1.165, 1.54) is 24.6 Å². The topological polar surface area (TPSA) is 103 Å². The molecule has 3 aromatic carbocycles. The van der Waals surface area contributed by atoms with E-state index >= 15 is 0 Å². The number of halogens is 4. The molecule has 0 spiro atoms. The van der Waals surface area contributed by atoms with Crippen molar-refractivity contribution < 1.29 is 35.5 Å². The third kappa shape index (κ3) is 6.30. The van der Waals surface area contributed by atoms with Crippen molar-refractivity contribution >= 4 is 42.6 Å². The minimum Gasteiger partial charge on any atom is -0.492 e. The molecule has 1 N–H and O–H groups in total. The van der Waals surface area contributed by atoms with Crippen LogP contribution in [0.25, 0.3) is 31.8 Å². The van der Waals surface area contributed by atoms with Crippen LogP contribution in [0.4, 0.5) is 17.6 Å². The number of fused-ring (bicyclic) bond motifs is 2. The molecule has 214 valence electrons. The number of hydrogen-bond donors (Lipinski definition) is 1. The van der Waals surface area contributed by atoms with Gasteiger partial charge in [0.25, 0.3) is 0 Å². The zero-order chi connectivity index (χ0) is 29.4. The van der Waals surface area contributed by atoms with E-state index in [0.717, 1.165) is 42.0 Å². The smallest absolute Gasteiger partial charge is 0.416 e. The number of rotatable bonds is 9. The molecule has 0 saturated carbocycles. The van der Waals surface area contributed by atoms with Crippen molar-refractivity contribution in [2.75, 3.05) is 20.3 Å². The molecule has 0 saturated heterocycles. The molecule has 0 amide bonds. The van der Waals surface area contributed by atoms with Crippen molar-refractivity contribution in [3.63, 3.8) is 0 Å². The van der Waals surface area contributed by atoms with Crippen molar-refractivity contribution in [3.05, 3.63) is 77.4 Å². The monoisotopic (exact) mass is 606 g/mol. The molecule has 0 bridgehead atoms. The van der Waals surface area contributed by atoms with E-state index in [1.54, 1.807) is 19.1 Å². The largest absolute Gasteiger partial charge is 0.492 e. The molecular formula is C27H22F4N4O4S2. The molecule has 5 aromatic rings. The highest BCUT2D eigenvalue weighted by molar-refractivity contribution is 7.89. The highest BCUT2D eigenvalue weighted by Crippen LogP contribution is 2.40. The molecule has 0 aliphatic heterocycles. The van der Waals surface area contributed by atoms with E-state index in [1.807, 2.05) is 0 Å². The van der Waals surface area contributed by atoms with E-state index in [9.17, 15) is 26.0 Å². The van der Waals surface area contributed by atoms with Gasteiger partial charge >= 0.3 is 6.18 Å². The van der Waals surface area contributed by atoms with Gasteiger partial charge in [-0.15, -0.1) is 11.3 Å². The SMILES string of the molecule is COCc1cnc2c(-c3nc4c(C)cc(OCCNS(=O)(=O)c5ccc(F)cc5)cc4s3)cc(C(F)(F)F)cc2n1. The molecular weight excluding hydrogens is 584 g/mol. The first-order valence-corrected chi connectivity index (χ1v) is 14.4. The average Bonchev–Trinajstić information content (AvgIpc) is 3.35. The first kappa shape index (κ1) is 28.8. The average molecular weight is 607 g/mol. The number of nitrogens with zero attached hydrogens (tertiary/aromatic N) is 3. The van der Waals surface area contributed by atoms with Crippen molar-refractivity contribution in [3.8, 4) is 16.3 Å². The highest BCUT2D eigenvalue weighted by atomic mass is 32.2. The predicted molar refractivity (Wildman–Crippen MR) is 146 cm³/mol. The fraction of sp³-hybridized carbons (Fsp3) is 0.222. The van der Waals surface area contributed by atoms with Crippen LogP contribution in [0, 0.1) is 12.7 Å². The molecule has 0 aliphatic rings. The first-order chi connectivity index (χ1) is 19.4. The van der Waals surface area contributed by atoms with Gasteiger partial charge in [0, 0.05) is 19.2 Å². The number of sulfonamides is 1. The molecule has 41 heavy (non-hydrogen) atoms. The van der Waals surface area contributed by atoms with Crippen LogP contribution in [0.1, 0.15) is 16.8 Å². The van der Waals surface area contributed by atoms with E-state index in [4.69, 9.17) is 9.47 Å². The molecule has 5 rings (SSSR count). The summed E-state index contributed by atoms with van der Waals surface area (Å²) < 4.78 is 92.9. The number of aryl methyl sites for hydroxylation is 1. The molecule has 14 heteroatoms. The standard InChI is InChI=1S/C27H22F4N4O4S2/c1-15-9-19(39-8-7-33-41(36,37)20-5-3-17(28)4-6-20)12-23-24(15)35-26(40-23)21-10-16(27(29,30)31)11-22-25(21)32-13-18(34-22)14-38-2/h3-6,9-13,33H,7-8,14H2,1-2H3. The Morgan fingerprint density at radius 2 is 1.78 bits per heavy atom. The summed E-state index contributed by atoms with van der Waals surface area (Å²) in [7, 11) is -2.39. The summed E-state index contributed by atoms with van der Waals surface area (Å²) in [6.07, 6.45) is -3.15. The maximum Gasteiger partial charge on any atom is 0.416 e. The maximum absolute atomic E-state index is 13.8. The van der Waals surface area contributed by atoms with Gasteiger partial charge in [-0.2, -0.15) is 13.2 Å².